The molecule has 0 fully saturated rings. The van der Waals surface area contributed by atoms with E-state index in [1.807, 2.05) is 20.8 Å². The number of ether oxygens (including phenoxy) is 1. The average Bonchev–Trinajstić information content (AvgIpc) is 2.13. The van der Waals surface area contributed by atoms with Crippen molar-refractivity contribution in [3.8, 4) is 0 Å². The van der Waals surface area contributed by atoms with E-state index in [1.54, 1.807) is 0 Å². The van der Waals surface area contributed by atoms with E-state index in [0.29, 0.717) is 19.5 Å². The van der Waals surface area contributed by atoms with Gasteiger partial charge >= 0.3 is 0 Å². The fourth-order valence-corrected chi connectivity index (χ4v) is 0.755. The maximum Gasteiger partial charge on any atom is 0.246 e. The van der Waals surface area contributed by atoms with Crippen LogP contribution in [0.1, 0.15) is 27.2 Å². The van der Waals surface area contributed by atoms with Gasteiger partial charge in [0.05, 0.1) is 5.60 Å². The average molecular weight is 214 g/mol. The predicted molar refractivity (Wildman–Crippen MR) is 57.3 cm³/mol. The van der Waals surface area contributed by atoms with E-state index in [2.05, 4.69) is 15.3 Å². The van der Waals surface area contributed by atoms with Crippen molar-refractivity contribution in [3.63, 3.8) is 0 Å². The molecule has 0 radical (unpaired) electrons. The first-order chi connectivity index (χ1) is 6.95. The second-order valence-corrected chi connectivity index (χ2v) is 4.06. The van der Waals surface area contributed by atoms with E-state index in [9.17, 15) is 4.79 Å². The summed E-state index contributed by atoms with van der Waals surface area (Å²) in [4.78, 5) is 13.8. The Bertz CT molecular complexity index is 241. The van der Waals surface area contributed by atoms with Crippen molar-refractivity contribution >= 4 is 5.91 Å². The molecule has 0 aromatic heterocycles. The van der Waals surface area contributed by atoms with E-state index in [0.717, 1.165) is 0 Å². The van der Waals surface area contributed by atoms with Crippen molar-refractivity contribution < 1.29 is 9.53 Å². The number of carbonyl (C=O) groups is 1. The van der Waals surface area contributed by atoms with Gasteiger partial charge in [0.25, 0.3) is 0 Å². The minimum atomic E-state index is -0.303. The number of carbonyl (C=O) groups excluding carboxylic acids is 1. The van der Waals surface area contributed by atoms with Crippen molar-refractivity contribution in [1.82, 2.24) is 5.32 Å². The number of azide groups is 1. The topological polar surface area (TPSA) is 87.1 Å². The van der Waals surface area contributed by atoms with E-state index in [-0.39, 0.29) is 18.1 Å². The number of hydrogen-bond acceptors (Lipinski definition) is 3. The lowest BCUT2D eigenvalue weighted by molar-refractivity contribution is -0.130. The van der Waals surface area contributed by atoms with E-state index in [1.165, 1.54) is 0 Å². The van der Waals surface area contributed by atoms with Crippen LogP contribution in [0.4, 0.5) is 0 Å². The molecule has 86 valence electrons. The van der Waals surface area contributed by atoms with Crippen LogP contribution in [0, 0.1) is 0 Å². The number of hydrogen-bond donors (Lipinski definition) is 1. The Morgan fingerprint density at radius 1 is 1.53 bits per heavy atom. The summed E-state index contributed by atoms with van der Waals surface area (Å²) >= 11 is 0. The van der Waals surface area contributed by atoms with Gasteiger partial charge in [-0.1, -0.05) is 5.11 Å². The Morgan fingerprint density at radius 2 is 2.20 bits per heavy atom. The third-order valence-electron chi connectivity index (χ3n) is 1.46. The minimum absolute atomic E-state index is 0.0605. The zero-order valence-electron chi connectivity index (χ0n) is 9.49. The van der Waals surface area contributed by atoms with Gasteiger partial charge in [0.2, 0.25) is 5.91 Å². The summed E-state index contributed by atoms with van der Waals surface area (Å²) in [6.45, 7) is 6.64. The van der Waals surface area contributed by atoms with E-state index >= 15 is 0 Å². The van der Waals surface area contributed by atoms with E-state index < -0.39 is 0 Å². The largest absolute Gasteiger partial charge is 0.366 e. The number of rotatable bonds is 6. The fraction of sp³-hybridized carbons (Fsp3) is 0.889. The van der Waals surface area contributed by atoms with Gasteiger partial charge in [-0.15, -0.1) is 0 Å². The highest BCUT2D eigenvalue weighted by Crippen LogP contribution is 2.05. The SMILES string of the molecule is CC(C)(C)OCC(=O)NCCCN=[N+]=[N-]. The van der Waals surface area contributed by atoms with Crippen molar-refractivity contribution in [3.05, 3.63) is 10.4 Å². The van der Waals surface area contributed by atoms with Crippen molar-refractivity contribution in [2.45, 2.75) is 32.8 Å². The Labute approximate surface area is 89.6 Å². The highest BCUT2D eigenvalue weighted by atomic mass is 16.5. The van der Waals surface area contributed by atoms with Crippen LogP contribution in [0.5, 0.6) is 0 Å². The molecule has 0 aliphatic carbocycles. The van der Waals surface area contributed by atoms with Crippen LogP contribution in [0.3, 0.4) is 0 Å². The molecule has 0 aromatic rings. The Balaban J connectivity index is 3.46. The molecular weight excluding hydrogens is 196 g/mol. The van der Waals surface area contributed by atoms with Crippen molar-refractivity contribution in [2.24, 2.45) is 5.11 Å². The van der Waals surface area contributed by atoms with Crippen LogP contribution in [0.25, 0.3) is 10.4 Å². The molecular formula is C9H18N4O2. The third kappa shape index (κ3) is 10.7. The lowest BCUT2D eigenvalue weighted by Gasteiger charge is -2.18. The summed E-state index contributed by atoms with van der Waals surface area (Å²) in [5.74, 6) is -0.147. The molecule has 0 saturated heterocycles. The second kappa shape index (κ2) is 7.09. The molecule has 0 bridgehead atoms. The quantitative estimate of drug-likeness (QED) is 0.315. The summed E-state index contributed by atoms with van der Waals surface area (Å²) in [5.41, 5.74) is 7.70. The van der Waals surface area contributed by atoms with Gasteiger partial charge in [-0.25, -0.2) is 0 Å². The molecule has 0 unspecified atom stereocenters. The van der Waals surface area contributed by atoms with Gasteiger partial charge in [0.1, 0.15) is 6.61 Å². The number of nitrogens with zero attached hydrogens (tertiary/aromatic N) is 3. The summed E-state index contributed by atoms with van der Waals surface area (Å²) < 4.78 is 5.28. The lowest BCUT2D eigenvalue weighted by atomic mass is 10.2. The summed E-state index contributed by atoms with van der Waals surface area (Å²) in [7, 11) is 0. The molecule has 0 aliphatic heterocycles. The predicted octanol–water partition coefficient (Wildman–Crippen LogP) is 1.62. The maximum absolute atomic E-state index is 11.2. The highest BCUT2D eigenvalue weighted by Gasteiger charge is 2.12. The van der Waals surface area contributed by atoms with Crippen LogP contribution in [0.15, 0.2) is 5.11 Å². The van der Waals surface area contributed by atoms with Crippen LogP contribution >= 0.6 is 0 Å². The molecule has 15 heavy (non-hydrogen) atoms. The molecule has 1 amide bonds. The monoisotopic (exact) mass is 214 g/mol. The molecule has 0 aliphatic rings. The van der Waals surface area contributed by atoms with Crippen LogP contribution in [-0.4, -0.2) is 31.2 Å². The lowest BCUT2D eigenvalue weighted by Crippen LogP contribution is -2.32. The first kappa shape index (κ1) is 13.7. The Hall–Kier alpha value is -1.26. The highest BCUT2D eigenvalue weighted by molar-refractivity contribution is 5.77. The molecule has 1 N–H and O–H groups in total. The number of amides is 1. The molecule has 0 aromatic carbocycles. The summed E-state index contributed by atoms with van der Waals surface area (Å²) in [6, 6.07) is 0. The van der Waals surface area contributed by atoms with Gasteiger partial charge in [0.15, 0.2) is 0 Å². The normalized spacial score (nSPS) is 10.6. The van der Waals surface area contributed by atoms with Gasteiger partial charge in [-0.05, 0) is 32.7 Å². The first-order valence-corrected chi connectivity index (χ1v) is 4.87. The molecule has 0 rings (SSSR count). The van der Waals surface area contributed by atoms with Gasteiger partial charge in [0, 0.05) is 18.0 Å². The molecule has 0 atom stereocenters. The Morgan fingerprint density at radius 3 is 2.73 bits per heavy atom. The van der Waals surface area contributed by atoms with Crippen LogP contribution in [-0.2, 0) is 9.53 Å². The third-order valence-corrected chi connectivity index (χ3v) is 1.46. The molecule has 6 heteroatoms. The fourth-order valence-electron chi connectivity index (χ4n) is 0.755. The molecule has 0 spiro atoms. The summed E-state index contributed by atoms with van der Waals surface area (Å²) in [5, 5.41) is 6.02. The zero-order valence-corrected chi connectivity index (χ0v) is 9.49. The maximum atomic E-state index is 11.2. The smallest absolute Gasteiger partial charge is 0.246 e. The van der Waals surface area contributed by atoms with Crippen molar-refractivity contribution in [1.29, 1.82) is 0 Å². The molecule has 6 nitrogen and oxygen atoms in total. The Kier molecular flexibility index (Phi) is 6.49. The second-order valence-electron chi connectivity index (χ2n) is 4.06. The van der Waals surface area contributed by atoms with E-state index in [4.69, 9.17) is 10.3 Å². The molecule has 0 heterocycles. The van der Waals surface area contributed by atoms with Gasteiger partial charge in [-0.3, -0.25) is 4.79 Å². The minimum Gasteiger partial charge on any atom is -0.366 e. The standard InChI is InChI=1S/C9H18N4O2/c1-9(2,3)15-7-8(14)11-5-4-6-12-13-10/h4-7H2,1-3H3,(H,11,14). The zero-order chi connectivity index (χ0) is 11.7. The summed E-state index contributed by atoms with van der Waals surface area (Å²) in [6.07, 6.45) is 0.644. The van der Waals surface area contributed by atoms with Crippen LogP contribution < -0.4 is 5.32 Å². The number of nitrogens with one attached hydrogen (secondary N) is 1. The van der Waals surface area contributed by atoms with Gasteiger partial charge in [-0.2, -0.15) is 0 Å². The first-order valence-electron chi connectivity index (χ1n) is 4.87. The van der Waals surface area contributed by atoms with Crippen LogP contribution in [0.2, 0.25) is 0 Å². The molecule has 0 saturated carbocycles. The van der Waals surface area contributed by atoms with Crippen molar-refractivity contribution in [2.75, 3.05) is 19.7 Å². The van der Waals surface area contributed by atoms with Gasteiger partial charge < -0.3 is 10.1 Å².